The van der Waals surface area contributed by atoms with Crippen LogP contribution in [-0.4, -0.2) is 31.4 Å². The Labute approximate surface area is 142 Å². The molecule has 0 aliphatic rings. The van der Waals surface area contributed by atoms with Crippen LogP contribution in [0, 0.1) is 17.1 Å². The fourth-order valence-electron chi connectivity index (χ4n) is 2.02. The van der Waals surface area contributed by atoms with E-state index in [4.69, 9.17) is 5.26 Å². The summed E-state index contributed by atoms with van der Waals surface area (Å²) in [7, 11) is -3.18. The number of hydrogen-bond donors (Lipinski definition) is 0. The van der Waals surface area contributed by atoms with E-state index in [2.05, 4.69) is 9.72 Å². The van der Waals surface area contributed by atoms with E-state index in [-0.39, 0.29) is 6.54 Å². The van der Waals surface area contributed by atoms with Crippen LogP contribution in [0.25, 0.3) is 0 Å². The highest BCUT2D eigenvalue weighted by Crippen LogP contribution is 2.27. The fourth-order valence-corrected chi connectivity index (χ4v) is 3.25. The molecule has 0 amide bonds. The number of nitrogens with zero attached hydrogens (tertiary/aromatic N) is 3. The molecule has 0 atom stereocenters. The molecule has 25 heavy (non-hydrogen) atoms. The third kappa shape index (κ3) is 4.46. The Kier molecular flexibility index (Phi) is 5.61. The van der Waals surface area contributed by atoms with Gasteiger partial charge in [0, 0.05) is 19.7 Å². The maximum atomic E-state index is 13.4. The zero-order valence-electron chi connectivity index (χ0n) is 12.9. The predicted octanol–water partition coefficient (Wildman–Crippen LogP) is 2.51. The van der Waals surface area contributed by atoms with Gasteiger partial charge in [-0.05, 0) is 17.7 Å². The van der Waals surface area contributed by atoms with Crippen LogP contribution in [0.1, 0.15) is 11.1 Å². The molecule has 1 heterocycles. The normalized spacial score (nSPS) is 11.6. The average Bonchev–Trinajstić information content (AvgIpc) is 2.56. The number of sulfonamides is 1. The number of benzene rings is 1. The molecule has 0 radical (unpaired) electrons. The lowest BCUT2D eigenvalue weighted by molar-refractivity contribution is -0.0550. The van der Waals surface area contributed by atoms with Gasteiger partial charge in [0.05, 0.1) is 17.8 Å². The van der Waals surface area contributed by atoms with Crippen LogP contribution in [-0.2, 0) is 16.6 Å². The van der Waals surface area contributed by atoms with Crippen molar-refractivity contribution in [3.8, 4) is 11.9 Å². The lowest BCUT2D eigenvalue weighted by Gasteiger charge is -2.19. The van der Waals surface area contributed by atoms with Crippen molar-refractivity contribution in [1.82, 2.24) is 9.29 Å². The van der Waals surface area contributed by atoms with E-state index in [0.29, 0.717) is 23.4 Å². The first kappa shape index (κ1) is 18.7. The van der Waals surface area contributed by atoms with Crippen LogP contribution in [0.2, 0.25) is 0 Å². The number of rotatable bonds is 6. The van der Waals surface area contributed by atoms with Gasteiger partial charge >= 0.3 is 6.61 Å². The van der Waals surface area contributed by atoms with Crippen LogP contribution in [0.3, 0.4) is 0 Å². The molecule has 2 rings (SSSR count). The van der Waals surface area contributed by atoms with Gasteiger partial charge in [0.25, 0.3) is 0 Å². The number of nitriles is 1. The van der Waals surface area contributed by atoms with Gasteiger partial charge in [0.2, 0.25) is 15.9 Å². The van der Waals surface area contributed by atoms with Crippen molar-refractivity contribution in [2.75, 3.05) is 7.05 Å². The fraction of sp³-hybridized carbons (Fsp3) is 0.200. The topological polar surface area (TPSA) is 83.3 Å². The summed E-state index contributed by atoms with van der Waals surface area (Å²) in [6.07, 6.45) is 0.577. The van der Waals surface area contributed by atoms with Gasteiger partial charge in [-0.2, -0.15) is 18.3 Å². The van der Waals surface area contributed by atoms with Crippen LogP contribution >= 0.6 is 0 Å². The van der Waals surface area contributed by atoms with Crippen molar-refractivity contribution in [2.45, 2.75) is 18.1 Å². The molecule has 0 saturated heterocycles. The monoisotopic (exact) mass is 371 g/mol. The second-order valence-corrected chi connectivity index (χ2v) is 6.92. The van der Waals surface area contributed by atoms with Gasteiger partial charge in [-0.25, -0.2) is 17.8 Å². The second-order valence-electron chi connectivity index (χ2n) is 4.91. The standard InChI is InChI=1S/C15H12F3N3O3S/c1-21(9-11-4-2-3-10(5-11)7-19)25(22,23)13-6-12(16)8-20-14(13)24-15(17)18/h2-6,8,15H,9H2,1H3. The van der Waals surface area contributed by atoms with Crippen LogP contribution < -0.4 is 4.74 Å². The molecule has 2 aromatic rings. The number of alkyl halides is 2. The largest absolute Gasteiger partial charge is 0.415 e. The van der Waals surface area contributed by atoms with E-state index in [1.165, 1.54) is 13.1 Å². The van der Waals surface area contributed by atoms with Crippen LogP contribution in [0.5, 0.6) is 5.88 Å². The maximum Gasteiger partial charge on any atom is 0.388 e. The minimum atomic E-state index is -4.37. The molecule has 1 aromatic carbocycles. The summed E-state index contributed by atoms with van der Waals surface area (Å²) in [4.78, 5) is 2.46. The Bertz CT molecular complexity index is 914. The van der Waals surface area contributed by atoms with E-state index in [1.807, 2.05) is 6.07 Å². The van der Waals surface area contributed by atoms with E-state index < -0.39 is 33.2 Å². The molecular formula is C15H12F3N3O3S. The summed E-state index contributed by atoms with van der Waals surface area (Å²) in [6.45, 7) is -3.48. The highest BCUT2D eigenvalue weighted by Gasteiger charge is 2.28. The summed E-state index contributed by atoms with van der Waals surface area (Å²) >= 11 is 0. The van der Waals surface area contributed by atoms with Gasteiger partial charge < -0.3 is 4.74 Å². The molecule has 0 bridgehead atoms. The zero-order chi connectivity index (χ0) is 18.6. The Hall–Kier alpha value is -2.64. The van der Waals surface area contributed by atoms with Gasteiger partial charge in [-0.3, -0.25) is 0 Å². The molecule has 1 aromatic heterocycles. The van der Waals surface area contributed by atoms with Gasteiger partial charge in [-0.15, -0.1) is 0 Å². The highest BCUT2D eigenvalue weighted by atomic mass is 32.2. The zero-order valence-corrected chi connectivity index (χ0v) is 13.7. The molecule has 0 aliphatic heterocycles. The molecule has 132 valence electrons. The average molecular weight is 371 g/mol. The first-order chi connectivity index (χ1) is 11.7. The van der Waals surface area contributed by atoms with Crippen molar-refractivity contribution in [2.24, 2.45) is 0 Å². The van der Waals surface area contributed by atoms with E-state index in [9.17, 15) is 21.6 Å². The molecule has 0 saturated carbocycles. The summed E-state index contributed by atoms with van der Waals surface area (Å²) < 4.78 is 68.3. The third-order valence-corrected chi connectivity index (χ3v) is 4.93. The van der Waals surface area contributed by atoms with Crippen molar-refractivity contribution >= 4 is 10.0 Å². The highest BCUT2D eigenvalue weighted by molar-refractivity contribution is 7.89. The number of pyridine rings is 1. The number of aromatic nitrogens is 1. The summed E-state index contributed by atoms with van der Waals surface area (Å²) in [5.74, 6) is -1.91. The lowest BCUT2D eigenvalue weighted by Crippen LogP contribution is -2.27. The first-order valence-electron chi connectivity index (χ1n) is 6.80. The molecule has 0 aliphatic carbocycles. The number of halogens is 3. The molecule has 0 N–H and O–H groups in total. The summed E-state index contributed by atoms with van der Waals surface area (Å²) in [5, 5.41) is 8.87. The number of hydrogen-bond acceptors (Lipinski definition) is 5. The Morgan fingerprint density at radius 1 is 1.36 bits per heavy atom. The van der Waals surface area contributed by atoms with E-state index >= 15 is 0 Å². The number of ether oxygens (including phenoxy) is 1. The summed E-state index contributed by atoms with van der Waals surface area (Å²) in [5.41, 5.74) is 0.822. The van der Waals surface area contributed by atoms with Crippen LogP contribution in [0.15, 0.2) is 41.4 Å². The van der Waals surface area contributed by atoms with Crippen molar-refractivity contribution in [1.29, 1.82) is 5.26 Å². The molecule has 0 spiro atoms. The molecule has 6 nitrogen and oxygen atoms in total. The van der Waals surface area contributed by atoms with Crippen molar-refractivity contribution in [3.05, 3.63) is 53.5 Å². The quantitative estimate of drug-likeness (QED) is 0.779. The van der Waals surface area contributed by atoms with E-state index in [0.717, 1.165) is 4.31 Å². The van der Waals surface area contributed by atoms with E-state index in [1.54, 1.807) is 18.2 Å². The molecule has 0 unspecified atom stereocenters. The molecule has 0 fully saturated rings. The van der Waals surface area contributed by atoms with Crippen molar-refractivity contribution in [3.63, 3.8) is 0 Å². The summed E-state index contributed by atoms with van der Waals surface area (Å²) in [6, 6.07) is 8.66. The Balaban J connectivity index is 2.37. The Morgan fingerprint density at radius 2 is 2.08 bits per heavy atom. The van der Waals surface area contributed by atoms with Crippen LogP contribution in [0.4, 0.5) is 13.2 Å². The minimum Gasteiger partial charge on any atom is -0.415 e. The van der Waals surface area contributed by atoms with Crippen molar-refractivity contribution < 1.29 is 26.3 Å². The van der Waals surface area contributed by atoms with Gasteiger partial charge in [0.15, 0.2) is 0 Å². The second kappa shape index (κ2) is 7.50. The third-order valence-electron chi connectivity index (χ3n) is 3.14. The van der Waals surface area contributed by atoms with Gasteiger partial charge in [-0.1, -0.05) is 12.1 Å². The molecule has 10 heteroatoms. The SMILES string of the molecule is CN(Cc1cccc(C#N)c1)S(=O)(=O)c1cc(F)cnc1OC(F)F. The minimum absolute atomic E-state index is 0.164. The van der Waals surface area contributed by atoms with Gasteiger partial charge in [0.1, 0.15) is 10.7 Å². The lowest BCUT2D eigenvalue weighted by atomic mass is 10.1. The predicted molar refractivity (Wildman–Crippen MR) is 80.6 cm³/mol. The maximum absolute atomic E-state index is 13.4. The molecular weight excluding hydrogens is 359 g/mol. The first-order valence-corrected chi connectivity index (χ1v) is 8.24. The smallest absolute Gasteiger partial charge is 0.388 e. The Morgan fingerprint density at radius 3 is 2.72 bits per heavy atom.